The molecule has 104 valence electrons. The van der Waals surface area contributed by atoms with Crippen molar-refractivity contribution in [2.45, 2.75) is 33.6 Å². The standard InChI is InChI=1S/C18H20O2/c1-13-15(19)11-12-18(2,3)17(13)16(20)10-9-14-7-5-4-6-8-14/h4-10H,11-12H2,1-3H3/b10-9+. The summed E-state index contributed by atoms with van der Waals surface area (Å²) in [5.74, 6) is 0.0465. The lowest BCUT2D eigenvalue weighted by Crippen LogP contribution is -2.29. The summed E-state index contributed by atoms with van der Waals surface area (Å²) in [6.45, 7) is 5.84. The molecule has 0 radical (unpaired) electrons. The molecule has 1 aliphatic rings. The van der Waals surface area contributed by atoms with E-state index < -0.39 is 0 Å². The van der Waals surface area contributed by atoms with Crippen LogP contribution in [0.25, 0.3) is 6.08 Å². The predicted molar refractivity (Wildman–Crippen MR) is 81.2 cm³/mol. The fourth-order valence-electron chi connectivity index (χ4n) is 2.72. The zero-order valence-corrected chi connectivity index (χ0v) is 12.3. The first-order valence-electron chi connectivity index (χ1n) is 6.94. The summed E-state index contributed by atoms with van der Waals surface area (Å²) in [7, 11) is 0. The third-order valence-electron chi connectivity index (χ3n) is 3.92. The monoisotopic (exact) mass is 268 g/mol. The number of allylic oxidation sites excluding steroid dienone is 3. The third-order valence-corrected chi connectivity index (χ3v) is 3.92. The van der Waals surface area contributed by atoms with Crippen molar-refractivity contribution in [3.8, 4) is 0 Å². The SMILES string of the molecule is CC1=C(C(=O)/C=C/c2ccccc2)C(C)(C)CCC1=O. The molecular weight excluding hydrogens is 248 g/mol. The van der Waals surface area contributed by atoms with E-state index in [2.05, 4.69) is 0 Å². The summed E-state index contributed by atoms with van der Waals surface area (Å²) in [4.78, 5) is 24.3. The summed E-state index contributed by atoms with van der Waals surface area (Å²) in [5.41, 5.74) is 2.06. The molecule has 0 saturated carbocycles. The van der Waals surface area contributed by atoms with Crippen molar-refractivity contribution in [2.75, 3.05) is 0 Å². The van der Waals surface area contributed by atoms with Gasteiger partial charge in [-0.25, -0.2) is 0 Å². The van der Waals surface area contributed by atoms with E-state index in [1.54, 1.807) is 19.1 Å². The Bertz CT molecular complexity index is 589. The largest absolute Gasteiger partial charge is 0.295 e. The van der Waals surface area contributed by atoms with Crippen molar-refractivity contribution >= 4 is 17.6 Å². The van der Waals surface area contributed by atoms with Gasteiger partial charge in [0.05, 0.1) is 0 Å². The van der Waals surface area contributed by atoms with Crippen molar-refractivity contribution in [3.63, 3.8) is 0 Å². The number of ketones is 2. The van der Waals surface area contributed by atoms with Crippen LogP contribution in [0.5, 0.6) is 0 Å². The number of rotatable bonds is 3. The van der Waals surface area contributed by atoms with E-state index in [0.717, 1.165) is 12.0 Å². The summed E-state index contributed by atoms with van der Waals surface area (Å²) in [6.07, 6.45) is 4.66. The topological polar surface area (TPSA) is 34.1 Å². The molecule has 0 amide bonds. The van der Waals surface area contributed by atoms with Crippen LogP contribution < -0.4 is 0 Å². The van der Waals surface area contributed by atoms with Crippen molar-refractivity contribution in [1.82, 2.24) is 0 Å². The van der Waals surface area contributed by atoms with Gasteiger partial charge in [0, 0.05) is 12.0 Å². The maximum absolute atomic E-state index is 12.4. The van der Waals surface area contributed by atoms with Gasteiger partial charge in [-0.2, -0.15) is 0 Å². The fourth-order valence-corrected chi connectivity index (χ4v) is 2.72. The molecule has 0 atom stereocenters. The minimum absolute atomic E-state index is 0.0515. The molecule has 0 bridgehead atoms. The third kappa shape index (κ3) is 2.96. The second-order valence-electron chi connectivity index (χ2n) is 5.92. The molecule has 1 aromatic rings. The Morgan fingerprint density at radius 1 is 1.20 bits per heavy atom. The van der Waals surface area contributed by atoms with Crippen LogP contribution in [0.3, 0.4) is 0 Å². The van der Waals surface area contributed by atoms with E-state index in [-0.39, 0.29) is 17.0 Å². The molecule has 0 spiro atoms. The lowest BCUT2D eigenvalue weighted by atomic mass is 9.70. The second kappa shape index (κ2) is 5.58. The lowest BCUT2D eigenvalue weighted by Gasteiger charge is -2.32. The van der Waals surface area contributed by atoms with Gasteiger partial charge in [0.1, 0.15) is 0 Å². The molecule has 0 aliphatic heterocycles. The summed E-state index contributed by atoms with van der Waals surface area (Å²) >= 11 is 0. The van der Waals surface area contributed by atoms with Crippen LogP contribution in [-0.2, 0) is 9.59 Å². The van der Waals surface area contributed by atoms with E-state index >= 15 is 0 Å². The highest BCUT2D eigenvalue weighted by molar-refractivity contribution is 6.13. The Morgan fingerprint density at radius 3 is 2.50 bits per heavy atom. The minimum atomic E-state index is -0.226. The fraction of sp³-hybridized carbons (Fsp3) is 0.333. The molecule has 0 saturated heterocycles. The zero-order chi connectivity index (χ0) is 14.8. The first-order valence-corrected chi connectivity index (χ1v) is 6.94. The molecule has 1 aliphatic carbocycles. The quantitative estimate of drug-likeness (QED) is 0.777. The maximum Gasteiger partial charge on any atom is 0.182 e. The number of Topliss-reactive ketones (excluding diaryl/α,β-unsaturated/α-hetero) is 1. The van der Waals surface area contributed by atoms with Crippen LogP contribution in [-0.4, -0.2) is 11.6 Å². The summed E-state index contributed by atoms with van der Waals surface area (Å²) in [6, 6.07) is 9.70. The van der Waals surface area contributed by atoms with Crippen LogP contribution in [0.4, 0.5) is 0 Å². The highest BCUT2D eigenvalue weighted by Crippen LogP contribution is 2.39. The molecule has 0 heterocycles. The van der Waals surface area contributed by atoms with Gasteiger partial charge < -0.3 is 0 Å². The van der Waals surface area contributed by atoms with Gasteiger partial charge in [-0.1, -0.05) is 50.3 Å². The maximum atomic E-state index is 12.4. The van der Waals surface area contributed by atoms with Crippen LogP contribution in [0.1, 0.15) is 39.2 Å². The molecule has 2 nitrogen and oxygen atoms in total. The Morgan fingerprint density at radius 2 is 1.85 bits per heavy atom. The van der Waals surface area contributed by atoms with Gasteiger partial charge in [-0.3, -0.25) is 9.59 Å². The molecule has 0 N–H and O–H groups in total. The van der Waals surface area contributed by atoms with E-state index in [9.17, 15) is 9.59 Å². The van der Waals surface area contributed by atoms with Crippen LogP contribution in [0, 0.1) is 5.41 Å². The average Bonchev–Trinajstić information content (AvgIpc) is 2.42. The normalized spacial score (nSPS) is 18.6. The van der Waals surface area contributed by atoms with Crippen molar-refractivity contribution in [2.24, 2.45) is 5.41 Å². The van der Waals surface area contributed by atoms with E-state index in [1.807, 2.05) is 44.2 Å². The first-order chi connectivity index (χ1) is 9.42. The number of benzene rings is 1. The molecule has 0 aromatic heterocycles. The summed E-state index contributed by atoms with van der Waals surface area (Å²) in [5, 5.41) is 0. The Hall–Kier alpha value is -1.96. The molecule has 1 aromatic carbocycles. The Labute approximate surface area is 120 Å². The highest BCUT2D eigenvalue weighted by atomic mass is 16.1. The average molecular weight is 268 g/mol. The lowest BCUT2D eigenvalue weighted by molar-refractivity contribution is -0.118. The molecule has 0 fully saturated rings. The zero-order valence-electron chi connectivity index (χ0n) is 12.3. The number of carbonyl (C=O) groups is 2. The first kappa shape index (κ1) is 14.4. The Kier molecular flexibility index (Phi) is 4.03. The second-order valence-corrected chi connectivity index (χ2v) is 5.92. The van der Waals surface area contributed by atoms with E-state index in [1.165, 1.54) is 0 Å². The predicted octanol–water partition coefficient (Wildman–Crippen LogP) is 3.97. The number of hydrogen-bond acceptors (Lipinski definition) is 2. The number of hydrogen-bond donors (Lipinski definition) is 0. The van der Waals surface area contributed by atoms with Gasteiger partial charge >= 0.3 is 0 Å². The highest BCUT2D eigenvalue weighted by Gasteiger charge is 2.35. The van der Waals surface area contributed by atoms with Crippen molar-refractivity contribution < 1.29 is 9.59 Å². The van der Waals surface area contributed by atoms with Gasteiger partial charge in [0.15, 0.2) is 11.6 Å². The van der Waals surface area contributed by atoms with Crippen molar-refractivity contribution in [1.29, 1.82) is 0 Å². The van der Waals surface area contributed by atoms with Crippen LogP contribution in [0.2, 0.25) is 0 Å². The molecular formula is C18H20O2. The van der Waals surface area contributed by atoms with E-state index in [4.69, 9.17) is 0 Å². The van der Waals surface area contributed by atoms with Crippen LogP contribution >= 0.6 is 0 Å². The Balaban J connectivity index is 2.30. The summed E-state index contributed by atoms with van der Waals surface area (Å²) < 4.78 is 0. The van der Waals surface area contributed by atoms with Gasteiger partial charge in [-0.15, -0.1) is 0 Å². The molecule has 20 heavy (non-hydrogen) atoms. The van der Waals surface area contributed by atoms with Crippen molar-refractivity contribution in [3.05, 3.63) is 53.1 Å². The number of carbonyl (C=O) groups excluding carboxylic acids is 2. The van der Waals surface area contributed by atoms with Gasteiger partial charge in [0.25, 0.3) is 0 Å². The van der Waals surface area contributed by atoms with Gasteiger partial charge in [-0.05, 0) is 36.0 Å². The van der Waals surface area contributed by atoms with E-state index in [0.29, 0.717) is 17.6 Å². The molecule has 2 heteroatoms. The van der Waals surface area contributed by atoms with Gasteiger partial charge in [0.2, 0.25) is 0 Å². The van der Waals surface area contributed by atoms with Crippen LogP contribution in [0.15, 0.2) is 47.6 Å². The molecule has 2 rings (SSSR count). The smallest absolute Gasteiger partial charge is 0.182 e. The minimum Gasteiger partial charge on any atom is -0.295 e. The molecule has 0 unspecified atom stereocenters.